The summed E-state index contributed by atoms with van der Waals surface area (Å²) in [5, 5.41) is 7.55. The molecule has 0 spiro atoms. The van der Waals surface area contributed by atoms with Crippen LogP contribution in [0.15, 0.2) is 36.4 Å². The van der Waals surface area contributed by atoms with Gasteiger partial charge in [-0.15, -0.1) is 0 Å². The van der Waals surface area contributed by atoms with Crippen LogP contribution in [0.4, 0.5) is 4.39 Å². The lowest BCUT2D eigenvalue weighted by atomic mass is 10.0. The van der Waals surface area contributed by atoms with E-state index in [1.54, 1.807) is 19.1 Å². The van der Waals surface area contributed by atoms with E-state index in [-0.39, 0.29) is 11.3 Å². The standard InChI is InChI=1S/C21H27FN2O4S/c1-13-6-9-18(27-5)19(10-13)28-15-7-8-17(22)16(11-15)14(2)12-29(25,26)21(3,4)20(23)24/h6-11,14H,12H2,1-5H3,(H3,23,24). The van der Waals surface area contributed by atoms with Crippen LogP contribution in [0.3, 0.4) is 0 Å². The zero-order chi connectivity index (χ0) is 22.0. The molecule has 0 aliphatic carbocycles. The highest BCUT2D eigenvalue weighted by Gasteiger charge is 2.38. The van der Waals surface area contributed by atoms with E-state index in [0.717, 1.165) is 5.56 Å². The molecule has 0 aromatic heterocycles. The van der Waals surface area contributed by atoms with E-state index in [1.807, 2.05) is 13.0 Å². The van der Waals surface area contributed by atoms with Crippen molar-refractivity contribution in [2.45, 2.75) is 38.4 Å². The van der Waals surface area contributed by atoms with Gasteiger partial charge in [0, 0.05) is 0 Å². The maximum atomic E-state index is 14.5. The first-order valence-electron chi connectivity index (χ1n) is 9.07. The van der Waals surface area contributed by atoms with Crippen LogP contribution in [0.5, 0.6) is 17.2 Å². The highest BCUT2D eigenvalue weighted by Crippen LogP contribution is 2.34. The van der Waals surface area contributed by atoms with Gasteiger partial charge in [0.2, 0.25) is 0 Å². The van der Waals surface area contributed by atoms with Crippen LogP contribution < -0.4 is 15.2 Å². The molecule has 0 aliphatic heterocycles. The SMILES string of the molecule is COc1ccc(C)cc1Oc1ccc(F)c(C(C)CS(=O)(=O)C(C)(C)C(=N)N)c1. The first kappa shape index (κ1) is 22.7. The van der Waals surface area contributed by atoms with E-state index in [1.165, 1.54) is 39.2 Å². The summed E-state index contributed by atoms with van der Waals surface area (Å²) in [5.74, 6) is -0.635. The fourth-order valence-electron chi connectivity index (χ4n) is 2.75. The summed E-state index contributed by atoms with van der Waals surface area (Å²) in [6.45, 7) is 6.27. The monoisotopic (exact) mass is 422 g/mol. The average molecular weight is 423 g/mol. The van der Waals surface area contributed by atoms with Gasteiger partial charge >= 0.3 is 0 Å². The largest absolute Gasteiger partial charge is 0.493 e. The predicted octanol–water partition coefficient (Wildman–Crippen LogP) is 4.17. The lowest BCUT2D eigenvalue weighted by molar-refractivity contribution is 0.378. The van der Waals surface area contributed by atoms with Gasteiger partial charge in [-0.1, -0.05) is 13.0 Å². The molecule has 6 nitrogen and oxygen atoms in total. The summed E-state index contributed by atoms with van der Waals surface area (Å²) in [6.07, 6.45) is 0. The highest BCUT2D eigenvalue weighted by molar-refractivity contribution is 7.93. The molecule has 29 heavy (non-hydrogen) atoms. The Bertz CT molecular complexity index is 1020. The maximum Gasteiger partial charge on any atom is 0.169 e. The van der Waals surface area contributed by atoms with Crippen molar-refractivity contribution < 1.29 is 22.3 Å². The van der Waals surface area contributed by atoms with Gasteiger partial charge in [-0.05, 0) is 68.1 Å². The van der Waals surface area contributed by atoms with Gasteiger partial charge in [0.25, 0.3) is 0 Å². The van der Waals surface area contributed by atoms with E-state index in [0.29, 0.717) is 17.2 Å². The molecular formula is C21H27FN2O4S. The van der Waals surface area contributed by atoms with Gasteiger partial charge in [0.05, 0.1) is 12.9 Å². The Hall–Kier alpha value is -2.61. The number of benzene rings is 2. The first-order valence-corrected chi connectivity index (χ1v) is 10.7. The number of amidine groups is 1. The third kappa shape index (κ3) is 4.87. The van der Waals surface area contributed by atoms with Crippen molar-refractivity contribution in [1.82, 2.24) is 0 Å². The zero-order valence-corrected chi connectivity index (χ0v) is 18.1. The van der Waals surface area contributed by atoms with Gasteiger partial charge < -0.3 is 15.2 Å². The summed E-state index contributed by atoms with van der Waals surface area (Å²) >= 11 is 0. The van der Waals surface area contributed by atoms with Crippen LogP contribution in [0.25, 0.3) is 0 Å². The van der Waals surface area contributed by atoms with Crippen LogP contribution in [-0.4, -0.2) is 31.9 Å². The van der Waals surface area contributed by atoms with Crippen LogP contribution >= 0.6 is 0 Å². The number of hydrogen-bond acceptors (Lipinski definition) is 5. The molecule has 158 valence electrons. The minimum Gasteiger partial charge on any atom is -0.493 e. The molecule has 0 bridgehead atoms. The number of aryl methyl sites for hydroxylation is 1. The molecule has 0 aliphatic rings. The number of hydrogen-bond donors (Lipinski definition) is 2. The number of nitrogens with one attached hydrogen (secondary N) is 1. The number of nitrogens with two attached hydrogens (primary N) is 1. The van der Waals surface area contributed by atoms with Crippen LogP contribution in [0.2, 0.25) is 0 Å². The fraction of sp³-hybridized carbons (Fsp3) is 0.381. The van der Waals surface area contributed by atoms with Crippen LogP contribution in [0, 0.1) is 18.2 Å². The Kier molecular flexibility index (Phi) is 6.57. The zero-order valence-electron chi connectivity index (χ0n) is 17.2. The Morgan fingerprint density at radius 1 is 1.21 bits per heavy atom. The van der Waals surface area contributed by atoms with Crippen molar-refractivity contribution in [2.24, 2.45) is 5.73 Å². The number of methoxy groups -OCH3 is 1. The van der Waals surface area contributed by atoms with E-state index in [2.05, 4.69) is 0 Å². The Balaban J connectivity index is 2.34. The quantitative estimate of drug-likeness (QED) is 0.491. The second-order valence-electron chi connectivity index (χ2n) is 7.55. The van der Waals surface area contributed by atoms with E-state index >= 15 is 0 Å². The molecular weight excluding hydrogens is 395 g/mol. The minimum atomic E-state index is -3.79. The molecule has 0 saturated carbocycles. The van der Waals surface area contributed by atoms with Gasteiger partial charge in [0.1, 0.15) is 22.1 Å². The summed E-state index contributed by atoms with van der Waals surface area (Å²) in [7, 11) is -2.26. The van der Waals surface area contributed by atoms with Crippen molar-refractivity contribution in [3.8, 4) is 17.2 Å². The summed E-state index contributed by atoms with van der Waals surface area (Å²) < 4.78 is 49.5. The van der Waals surface area contributed by atoms with Crippen LogP contribution in [0.1, 0.15) is 37.8 Å². The Morgan fingerprint density at radius 2 is 1.86 bits per heavy atom. The molecule has 0 amide bonds. The van der Waals surface area contributed by atoms with E-state index in [9.17, 15) is 12.8 Å². The van der Waals surface area contributed by atoms with E-state index in [4.69, 9.17) is 20.6 Å². The van der Waals surface area contributed by atoms with Crippen molar-refractivity contribution in [2.75, 3.05) is 12.9 Å². The summed E-state index contributed by atoms with van der Waals surface area (Å²) in [4.78, 5) is 0. The second-order valence-corrected chi connectivity index (χ2v) is 10.1. The maximum absolute atomic E-state index is 14.5. The van der Waals surface area contributed by atoms with Crippen molar-refractivity contribution >= 4 is 15.7 Å². The van der Waals surface area contributed by atoms with Crippen molar-refractivity contribution in [3.63, 3.8) is 0 Å². The summed E-state index contributed by atoms with van der Waals surface area (Å²) in [5.41, 5.74) is 6.62. The predicted molar refractivity (Wildman–Crippen MR) is 112 cm³/mol. The van der Waals surface area contributed by atoms with Gasteiger partial charge in [-0.3, -0.25) is 5.41 Å². The normalized spacial score (nSPS) is 13.0. The molecule has 2 rings (SSSR count). The molecule has 2 aromatic carbocycles. The molecule has 0 fully saturated rings. The Morgan fingerprint density at radius 3 is 2.45 bits per heavy atom. The number of ether oxygens (including phenoxy) is 2. The number of sulfone groups is 1. The minimum absolute atomic E-state index is 0.206. The Labute approximate surface area is 171 Å². The molecule has 0 saturated heterocycles. The smallest absolute Gasteiger partial charge is 0.169 e. The molecule has 1 atom stereocenters. The lowest BCUT2D eigenvalue weighted by Gasteiger charge is -2.25. The number of rotatable bonds is 8. The second kappa shape index (κ2) is 8.41. The molecule has 0 heterocycles. The fourth-order valence-corrected chi connectivity index (χ4v) is 4.34. The number of halogens is 1. The van der Waals surface area contributed by atoms with Gasteiger partial charge in [-0.2, -0.15) is 0 Å². The average Bonchev–Trinajstić information content (AvgIpc) is 2.62. The van der Waals surface area contributed by atoms with Gasteiger partial charge in [0.15, 0.2) is 21.3 Å². The topological polar surface area (TPSA) is 102 Å². The van der Waals surface area contributed by atoms with E-state index < -0.39 is 32.2 Å². The third-order valence-corrected chi connectivity index (χ3v) is 7.65. The van der Waals surface area contributed by atoms with Gasteiger partial charge in [-0.25, -0.2) is 12.8 Å². The van der Waals surface area contributed by atoms with Crippen molar-refractivity contribution in [1.29, 1.82) is 5.41 Å². The summed E-state index contributed by atoms with van der Waals surface area (Å²) in [6, 6.07) is 9.65. The highest BCUT2D eigenvalue weighted by atomic mass is 32.2. The molecule has 2 aromatic rings. The lowest BCUT2D eigenvalue weighted by Crippen LogP contribution is -2.46. The molecule has 3 N–H and O–H groups in total. The molecule has 8 heteroatoms. The molecule has 1 unspecified atom stereocenters. The van der Waals surface area contributed by atoms with Crippen molar-refractivity contribution in [3.05, 3.63) is 53.3 Å². The van der Waals surface area contributed by atoms with Crippen LogP contribution in [-0.2, 0) is 9.84 Å². The molecule has 0 radical (unpaired) electrons. The first-order chi connectivity index (χ1) is 13.4. The third-order valence-electron chi connectivity index (χ3n) is 4.94.